The van der Waals surface area contributed by atoms with Crippen LogP contribution in [0.4, 0.5) is 0 Å². The molecule has 1 aromatic heterocycles. The van der Waals surface area contributed by atoms with Gasteiger partial charge in [0.2, 0.25) is 0 Å². The molecule has 1 N–H and O–H groups in total. The molecule has 1 heterocycles. The van der Waals surface area contributed by atoms with Crippen molar-refractivity contribution in [2.45, 2.75) is 46.3 Å². The highest BCUT2D eigenvalue weighted by atomic mass is 16.5. The van der Waals surface area contributed by atoms with Crippen molar-refractivity contribution in [1.29, 1.82) is 0 Å². The van der Waals surface area contributed by atoms with Crippen LogP contribution in [0, 0.1) is 6.92 Å². The second-order valence-electron chi connectivity index (χ2n) is 5.49. The van der Waals surface area contributed by atoms with E-state index in [1.807, 2.05) is 26.1 Å². The first-order chi connectivity index (χ1) is 10.1. The van der Waals surface area contributed by atoms with Crippen LogP contribution >= 0.6 is 0 Å². The normalized spacial score (nSPS) is 12.4. The zero-order valence-corrected chi connectivity index (χ0v) is 13.4. The van der Waals surface area contributed by atoms with Gasteiger partial charge in [0, 0.05) is 12.1 Å². The van der Waals surface area contributed by atoms with Crippen LogP contribution in [0.1, 0.15) is 48.8 Å². The molecular formula is C18H25NO2. The number of benzene rings is 1. The molecule has 0 saturated carbocycles. The van der Waals surface area contributed by atoms with Crippen LogP contribution in [0.15, 0.2) is 34.7 Å². The van der Waals surface area contributed by atoms with Crippen molar-refractivity contribution in [2.24, 2.45) is 0 Å². The Kier molecular flexibility index (Phi) is 5.45. The van der Waals surface area contributed by atoms with Crippen LogP contribution in [0.25, 0.3) is 0 Å². The lowest BCUT2D eigenvalue weighted by atomic mass is 9.99. The Labute approximate surface area is 127 Å². The van der Waals surface area contributed by atoms with E-state index in [9.17, 15) is 0 Å². The van der Waals surface area contributed by atoms with E-state index in [2.05, 4.69) is 37.4 Å². The monoisotopic (exact) mass is 287 g/mol. The van der Waals surface area contributed by atoms with Crippen molar-refractivity contribution in [3.8, 4) is 5.75 Å². The van der Waals surface area contributed by atoms with Crippen molar-refractivity contribution >= 4 is 0 Å². The third-order valence-corrected chi connectivity index (χ3v) is 3.88. The number of hydrogen-bond acceptors (Lipinski definition) is 3. The molecule has 0 spiro atoms. The molecule has 2 rings (SSSR count). The number of hydrogen-bond donors (Lipinski definition) is 1. The summed E-state index contributed by atoms with van der Waals surface area (Å²) >= 11 is 0. The third kappa shape index (κ3) is 4.11. The van der Waals surface area contributed by atoms with E-state index in [1.165, 1.54) is 11.1 Å². The second-order valence-corrected chi connectivity index (χ2v) is 5.49. The van der Waals surface area contributed by atoms with Crippen molar-refractivity contribution in [3.63, 3.8) is 0 Å². The number of ether oxygens (including phenoxy) is 1. The maximum Gasteiger partial charge on any atom is 0.146 e. The van der Waals surface area contributed by atoms with Crippen LogP contribution in [0.5, 0.6) is 5.75 Å². The van der Waals surface area contributed by atoms with Crippen LogP contribution in [-0.4, -0.2) is 7.05 Å². The summed E-state index contributed by atoms with van der Waals surface area (Å²) in [6.07, 6.45) is 1.15. The van der Waals surface area contributed by atoms with Crippen LogP contribution in [0.3, 0.4) is 0 Å². The SMILES string of the molecule is CCC(C)c1ccc(OCc2cc(CNC)c(C)o2)cc1. The van der Waals surface area contributed by atoms with E-state index in [0.717, 1.165) is 30.2 Å². The van der Waals surface area contributed by atoms with E-state index in [-0.39, 0.29) is 0 Å². The van der Waals surface area contributed by atoms with Gasteiger partial charge in [-0.25, -0.2) is 0 Å². The minimum Gasteiger partial charge on any atom is -0.486 e. The molecule has 0 bridgehead atoms. The molecule has 21 heavy (non-hydrogen) atoms. The molecular weight excluding hydrogens is 262 g/mol. The maximum absolute atomic E-state index is 5.79. The van der Waals surface area contributed by atoms with Crippen molar-refractivity contribution in [1.82, 2.24) is 5.32 Å². The predicted molar refractivity (Wildman–Crippen MR) is 85.7 cm³/mol. The number of furan rings is 1. The number of nitrogens with one attached hydrogen (secondary N) is 1. The quantitative estimate of drug-likeness (QED) is 0.819. The van der Waals surface area contributed by atoms with E-state index in [1.54, 1.807) is 0 Å². The van der Waals surface area contributed by atoms with Gasteiger partial charge in [0.1, 0.15) is 23.9 Å². The van der Waals surface area contributed by atoms with Crippen LogP contribution in [0.2, 0.25) is 0 Å². The highest BCUT2D eigenvalue weighted by Gasteiger charge is 2.08. The van der Waals surface area contributed by atoms with Gasteiger partial charge in [-0.15, -0.1) is 0 Å². The Hall–Kier alpha value is -1.74. The fourth-order valence-corrected chi connectivity index (χ4v) is 2.31. The summed E-state index contributed by atoms with van der Waals surface area (Å²) in [5.74, 6) is 3.29. The Morgan fingerprint density at radius 3 is 2.57 bits per heavy atom. The molecule has 0 aliphatic rings. The topological polar surface area (TPSA) is 34.4 Å². The van der Waals surface area contributed by atoms with Crippen molar-refractivity contribution < 1.29 is 9.15 Å². The fourth-order valence-electron chi connectivity index (χ4n) is 2.31. The molecule has 2 aromatic rings. The van der Waals surface area contributed by atoms with Crippen LogP contribution in [-0.2, 0) is 13.2 Å². The first kappa shape index (κ1) is 15.6. The highest BCUT2D eigenvalue weighted by molar-refractivity contribution is 5.29. The van der Waals surface area contributed by atoms with Gasteiger partial charge in [-0.1, -0.05) is 26.0 Å². The van der Waals surface area contributed by atoms with Gasteiger partial charge >= 0.3 is 0 Å². The van der Waals surface area contributed by atoms with Gasteiger partial charge in [-0.2, -0.15) is 0 Å². The van der Waals surface area contributed by atoms with Gasteiger partial charge < -0.3 is 14.5 Å². The minimum atomic E-state index is 0.466. The molecule has 114 valence electrons. The Bertz CT molecular complexity index is 557. The molecule has 0 amide bonds. The highest BCUT2D eigenvalue weighted by Crippen LogP contribution is 2.22. The Morgan fingerprint density at radius 1 is 1.24 bits per heavy atom. The predicted octanol–water partition coefficient (Wildman–Crippen LogP) is 4.40. The summed E-state index contributed by atoms with van der Waals surface area (Å²) in [6, 6.07) is 10.4. The largest absolute Gasteiger partial charge is 0.486 e. The summed E-state index contributed by atoms with van der Waals surface area (Å²) in [7, 11) is 1.93. The summed E-state index contributed by atoms with van der Waals surface area (Å²) in [6.45, 7) is 7.71. The summed E-state index contributed by atoms with van der Waals surface area (Å²) in [4.78, 5) is 0. The smallest absolute Gasteiger partial charge is 0.146 e. The van der Waals surface area contributed by atoms with Gasteiger partial charge in [0.15, 0.2) is 0 Å². The minimum absolute atomic E-state index is 0.466. The first-order valence-corrected chi connectivity index (χ1v) is 7.59. The summed E-state index contributed by atoms with van der Waals surface area (Å²) in [5.41, 5.74) is 2.54. The lowest BCUT2D eigenvalue weighted by Crippen LogP contribution is -2.04. The lowest BCUT2D eigenvalue weighted by molar-refractivity contribution is 0.267. The summed E-state index contributed by atoms with van der Waals surface area (Å²) in [5, 5.41) is 3.13. The number of aryl methyl sites for hydroxylation is 1. The van der Waals surface area contributed by atoms with Crippen molar-refractivity contribution in [2.75, 3.05) is 7.05 Å². The summed E-state index contributed by atoms with van der Waals surface area (Å²) < 4.78 is 11.5. The third-order valence-electron chi connectivity index (χ3n) is 3.88. The van der Waals surface area contributed by atoms with E-state index < -0.39 is 0 Å². The molecule has 0 aliphatic heterocycles. The molecule has 1 aromatic carbocycles. The maximum atomic E-state index is 5.79. The van der Waals surface area contributed by atoms with Gasteiger partial charge in [-0.3, -0.25) is 0 Å². The number of rotatable bonds is 7. The Morgan fingerprint density at radius 2 is 1.95 bits per heavy atom. The zero-order chi connectivity index (χ0) is 15.2. The van der Waals surface area contributed by atoms with E-state index in [0.29, 0.717) is 12.5 Å². The average Bonchev–Trinajstić information content (AvgIpc) is 2.85. The standard InChI is InChI=1S/C18H25NO2/c1-5-13(2)15-6-8-17(9-7-15)20-12-18-10-16(11-19-4)14(3)21-18/h6-10,13,19H,5,11-12H2,1-4H3. The zero-order valence-electron chi connectivity index (χ0n) is 13.4. The Balaban J connectivity index is 1.95. The average molecular weight is 287 g/mol. The van der Waals surface area contributed by atoms with E-state index in [4.69, 9.17) is 9.15 Å². The molecule has 3 nitrogen and oxygen atoms in total. The lowest BCUT2D eigenvalue weighted by Gasteiger charge is -2.10. The molecule has 0 fully saturated rings. The van der Waals surface area contributed by atoms with Gasteiger partial charge in [-0.05, 0) is 50.1 Å². The molecule has 1 atom stereocenters. The van der Waals surface area contributed by atoms with E-state index >= 15 is 0 Å². The molecule has 3 heteroatoms. The van der Waals surface area contributed by atoms with Crippen molar-refractivity contribution in [3.05, 3.63) is 53.0 Å². The molecule has 0 aliphatic carbocycles. The molecule has 1 unspecified atom stereocenters. The molecule has 0 radical (unpaired) electrons. The fraction of sp³-hybridized carbons (Fsp3) is 0.444. The van der Waals surface area contributed by atoms with Gasteiger partial charge in [0.05, 0.1) is 0 Å². The van der Waals surface area contributed by atoms with Crippen LogP contribution < -0.4 is 10.1 Å². The first-order valence-electron chi connectivity index (χ1n) is 7.59. The van der Waals surface area contributed by atoms with Gasteiger partial charge in [0.25, 0.3) is 0 Å². The second kappa shape index (κ2) is 7.32. The molecule has 0 saturated heterocycles.